The van der Waals surface area contributed by atoms with E-state index in [4.69, 9.17) is 9.47 Å². The van der Waals surface area contributed by atoms with Gasteiger partial charge in [-0.2, -0.15) is 0 Å². The van der Waals surface area contributed by atoms with Gasteiger partial charge in [-0.05, 0) is 25.1 Å². The Morgan fingerprint density at radius 3 is 2.65 bits per heavy atom. The van der Waals surface area contributed by atoms with Gasteiger partial charge in [-0.25, -0.2) is 0 Å². The van der Waals surface area contributed by atoms with Crippen LogP contribution < -0.4 is 9.47 Å². The van der Waals surface area contributed by atoms with Gasteiger partial charge in [0.25, 0.3) is 0 Å². The molecule has 3 heteroatoms. The molecule has 0 aliphatic rings. The number of rotatable bonds is 6. The van der Waals surface area contributed by atoms with E-state index in [2.05, 4.69) is 0 Å². The highest BCUT2D eigenvalue weighted by molar-refractivity contribution is 5.98. The average molecular weight is 270 g/mol. The third-order valence-corrected chi connectivity index (χ3v) is 3.01. The van der Waals surface area contributed by atoms with E-state index in [0.29, 0.717) is 18.6 Å². The minimum absolute atomic E-state index is 0.0519. The van der Waals surface area contributed by atoms with Crippen LogP contribution in [0.25, 0.3) is 0 Å². The van der Waals surface area contributed by atoms with Crippen molar-refractivity contribution in [2.24, 2.45) is 0 Å². The summed E-state index contributed by atoms with van der Waals surface area (Å²) < 4.78 is 10.7. The molecule has 20 heavy (non-hydrogen) atoms. The summed E-state index contributed by atoms with van der Waals surface area (Å²) in [6.45, 7) is 2.51. The molecule has 104 valence electrons. The lowest BCUT2D eigenvalue weighted by atomic mass is 10.0. The van der Waals surface area contributed by atoms with Crippen LogP contribution in [0.3, 0.4) is 0 Å². The van der Waals surface area contributed by atoms with Crippen molar-refractivity contribution in [3.8, 4) is 11.5 Å². The fraction of sp³-hybridized carbons (Fsp3) is 0.235. The highest BCUT2D eigenvalue weighted by Crippen LogP contribution is 2.21. The van der Waals surface area contributed by atoms with E-state index in [1.54, 1.807) is 19.2 Å². The number of ether oxygens (including phenoxy) is 2. The van der Waals surface area contributed by atoms with Crippen molar-refractivity contribution in [3.63, 3.8) is 0 Å². The quantitative estimate of drug-likeness (QED) is 0.753. The van der Waals surface area contributed by atoms with Crippen LogP contribution in [-0.2, 0) is 6.42 Å². The predicted octanol–water partition coefficient (Wildman–Crippen LogP) is 3.52. The van der Waals surface area contributed by atoms with Crippen molar-refractivity contribution in [2.75, 3.05) is 13.7 Å². The van der Waals surface area contributed by atoms with E-state index >= 15 is 0 Å². The third kappa shape index (κ3) is 3.38. The number of ketones is 1. The Morgan fingerprint density at radius 1 is 1.10 bits per heavy atom. The average Bonchev–Trinajstić information content (AvgIpc) is 2.48. The van der Waals surface area contributed by atoms with Crippen molar-refractivity contribution < 1.29 is 14.3 Å². The summed E-state index contributed by atoms with van der Waals surface area (Å²) in [7, 11) is 1.61. The molecular weight excluding hydrogens is 252 g/mol. The first-order chi connectivity index (χ1) is 9.74. The molecule has 0 N–H and O–H groups in total. The first-order valence-electron chi connectivity index (χ1n) is 6.62. The molecule has 0 heterocycles. The molecule has 0 radical (unpaired) electrons. The first-order valence-corrected chi connectivity index (χ1v) is 6.62. The molecule has 0 spiro atoms. The third-order valence-electron chi connectivity index (χ3n) is 3.01. The minimum atomic E-state index is 0.0519. The first kappa shape index (κ1) is 14.1. The number of benzene rings is 2. The smallest absolute Gasteiger partial charge is 0.167 e. The molecule has 0 saturated heterocycles. The van der Waals surface area contributed by atoms with Crippen LogP contribution in [0.5, 0.6) is 11.5 Å². The molecular formula is C17H18O3. The molecule has 0 amide bonds. The molecule has 2 rings (SSSR count). The molecule has 0 unspecified atom stereocenters. The molecule has 0 aliphatic carbocycles. The maximum atomic E-state index is 12.3. The van der Waals surface area contributed by atoms with Gasteiger partial charge in [0.15, 0.2) is 5.78 Å². The van der Waals surface area contributed by atoms with Gasteiger partial charge >= 0.3 is 0 Å². The van der Waals surface area contributed by atoms with Crippen LogP contribution in [0.2, 0.25) is 0 Å². The molecule has 0 saturated carbocycles. The van der Waals surface area contributed by atoms with Crippen molar-refractivity contribution in [2.45, 2.75) is 13.3 Å². The molecule has 0 bridgehead atoms. The Hall–Kier alpha value is -2.29. The number of Topliss-reactive ketones (excluding diaryl/α,β-unsaturated/α-hetero) is 1. The second-order valence-corrected chi connectivity index (χ2v) is 4.37. The minimum Gasteiger partial charge on any atom is -0.496 e. The number of hydrogen-bond acceptors (Lipinski definition) is 3. The number of para-hydroxylation sites is 1. The number of carbonyl (C=O) groups excluding carboxylic acids is 1. The molecule has 2 aromatic rings. The standard InChI is InChI=1S/C17H18O3/c1-3-20-15-9-6-8-13(11-15)16(18)12-14-7-4-5-10-17(14)19-2/h4-11H,3,12H2,1-2H3. The number of hydrogen-bond donors (Lipinski definition) is 0. The predicted molar refractivity (Wildman–Crippen MR) is 78.6 cm³/mol. The second-order valence-electron chi connectivity index (χ2n) is 4.37. The van der Waals surface area contributed by atoms with Crippen LogP contribution in [0.4, 0.5) is 0 Å². The van der Waals surface area contributed by atoms with E-state index < -0.39 is 0 Å². The largest absolute Gasteiger partial charge is 0.496 e. The van der Waals surface area contributed by atoms with Crippen molar-refractivity contribution in [1.29, 1.82) is 0 Å². The zero-order valence-electron chi connectivity index (χ0n) is 11.8. The number of carbonyl (C=O) groups is 1. The summed E-state index contributed by atoms with van der Waals surface area (Å²) in [5, 5.41) is 0. The maximum Gasteiger partial charge on any atom is 0.167 e. The summed E-state index contributed by atoms with van der Waals surface area (Å²) in [5.74, 6) is 1.51. The van der Waals surface area contributed by atoms with Crippen molar-refractivity contribution in [3.05, 3.63) is 59.7 Å². The normalized spacial score (nSPS) is 10.1. The summed E-state index contributed by atoms with van der Waals surface area (Å²) in [6, 6.07) is 14.8. The fourth-order valence-corrected chi connectivity index (χ4v) is 2.05. The molecule has 0 atom stereocenters. The van der Waals surface area contributed by atoms with Gasteiger partial charge in [0.2, 0.25) is 0 Å². The van der Waals surface area contributed by atoms with Gasteiger partial charge in [-0.15, -0.1) is 0 Å². The van der Waals surface area contributed by atoms with Crippen LogP contribution >= 0.6 is 0 Å². The monoisotopic (exact) mass is 270 g/mol. The van der Waals surface area contributed by atoms with E-state index in [1.807, 2.05) is 43.3 Å². The van der Waals surface area contributed by atoms with Crippen molar-refractivity contribution >= 4 is 5.78 Å². The van der Waals surface area contributed by atoms with Gasteiger partial charge in [-0.3, -0.25) is 4.79 Å². The van der Waals surface area contributed by atoms with E-state index in [9.17, 15) is 4.79 Å². The Bertz CT molecular complexity index is 590. The van der Waals surface area contributed by atoms with Gasteiger partial charge in [0.1, 0.15) is 11.5 Å². The SMILES string of the molecule is CCOc1cccc(C(=O)Cc2ccccc2OC)c1. The topological polar surface area (TPSA) is 35.5 Å². The second kappa shape index (κ2) is 6.75. The lowest BCUT2D eigenvalue weighted by Crippen LogP contribution is -2.05. The Balaban J connectivity index is 2.17. The molecule has 0 fully saturated rings. The van der Waals surface area contributed by atoms with Gasteiger partial charge in [-0.1, -0.05) is 30.3 Å². The lowest BCUT2D eigenvalue weighted by molar-refractivity contribution is 0.0991. The molecule has 3 nitrogen and oxygen atoms in total. The van der Waals surface area contributed by atoms with Gasteiger partial charge in [0.05, 0.1) is 13.7 Å². The maximum absolute atomic E-state index is 12.3. The van der Waals surface area contributed by atoms with Crippen LogP contribution in [-0.4, -0.2) is 19.5 Å². The fourth-order valence-electron chi connectivity index (χ4n) is 2.05. The van der Waals surface area contributed by atoms with E-state index in [1.165, 1.54) is 0 Å². The molecule has 0 aromatic heterocycles. The van der Waals surface area contributed by atoms with Crippen LogP contribution in [0.15, 0.2) is 48.5 Å². The van der Waals surface area contributed by atoms with E-state index in [-0.39, 0.29) is 5.78 Å². The zero-order valence-corrected chi connectivity index (χ0v) is 11.8. The summed E-state index contributed by atoms with van der Waals surface area (Å²) in [6.07, 6.45) is 0.319. The van der Waals surface area contributed by atoms with Gasteiger partial charge < -0.3 is 9.47 Å². The van der Waals surface area contributed by atoms with E-state index in [0.717, 1.165) is 17.1 Å². The zero-order chi connectivity index (χ0) is 14.4. The Kier molecular flexibility index (Phi) is 4.77. The van der Waals surface area contributed by atoms with Crippen LogP contribution in [0.1, 0.15) is 22.8 Å². The molecule has 0 aliphatic heterocycles. The van der Waals surface area contributed by atoms with Crippen LogP contribution in [0, 0.1) is 0 Å². The lowest BCUT2D eigenvalue weighted by Gasteiger charge is -2.08. The Labute approximate surface area is 119 Å². The Morgan fingerprint density at radius 2 is 1.90 bits per heavy atom. The highest BCUT2D eigenvalue weighted by Gasteiger charge is 2.11. The highest BCUT2D eigenvalue weighted by atomic mass is 16.5. The van der Waals surface area contributed by atoms with Gasteiger partial charge in [0, 0.05) is 17.5 Å². The van der Waals surface area contributed by atoms with Crippen molar-refractivity contribution in [1.82, 2.24) is 0 Å². The summed E-state index contributed by atoms with van der Waals surface area (Å²) in [4.78, 5) is 12.3. The number of methoxy groups -OCH3 is 1. The summed E-state index contributed by atoms with van der Waals surface area (Å²) >= 11 is 0. The summed E-state index contributed by atoms with van der Waals surface area (Å²) in [5.41, 5.74) is 1.55. The molecule has 2 aromatic carbocycles.